The molecule has 0 saturated carbocycles. The van der Waals surface area contributed by atoms with Gasteiger partial charge in [0, 0.05) is 13.1 Å². The highest BCUT2D eigenvalue weighted by atomic mass is 16.2. The second-order valence-corrected chi connectivity index (χ2v) is 6.77. The van der Waals surface area contributed by atoms with Crippen molar-refractivity contribution in [3.8, 4) is 0 Å². The Bertz CT molecular complexity index is 518. The van der Waals surface area contributed by atoms with Crippen LogP contribution in [0, 0.1) is 5.92 Å². The first-order chi connectivity index (χ1) is 10.8. The molecule has 0 radical (unpaired) electrons. The van der Waals surface area contributed by atoms with E-state index in [1.54, 1.807) is 0 Å². The molecule has 0 bridgehead atoms. The van der Waals surface area contributed by atoms with Gasteiger partial charge in [-0.2, -0.15) is 0 Å². The topological polar surface area (TPSA) is 32.3 Å². The second kappa shape index (κ2) is 7.28. The van der Waals surface area contributed by atoms with Crippen LogP contribution in [0.5, 0.6) is 0 Å². The number of nitrogens with one attached hydrogen (secondary N) is 1. The van der Waals surface area contributed by atoms with Gasteiger partial charge in [-0.3, -0.25) is 4.79 Å². The molecule has 3 rings (SSSR count). The van der Waals surface area contributed by atoms with E-state index < -0.39 is 0 Å². The van der Waals surface area contributed by atoms with Gasteiger partial charge in [-0.05, 0) is 67.8 Å². The van der Waals surface area contributed by atoms with Crippen LogP contribution in [-0.4, -0.2) is 37.0 Å². The van der Waals surface area contributed by atoms with Gasteiger partial charge < -0.3 is 10.2 Å². The largest absolute Gasteiger partial charge is 0.342 e. The second-order valence-electron chi connectivity index (χ2n) is 6.77. The molecule has 1 aromatic carbocycles. The van der Waals surface area contributed by atoms with E-state index in [0.717, 1.165) is 44.9 Å². The lowest BCUT2D eigenvalue weighted by atomic mass is 9.96. The van der Waals surface area contributed by atoms with Crippen molar-refractivity contribution in [2.45, 2.75) is 45.4 Å². The Morgan fingerprint density at radius 3 is 2.77 bits per heavy atom. The summed E-state index contributed by atoms with van der Waals surface area (Å²) in [7, 11) is 0. The van der Waals surface area contributed by atoms with E-state index in [0.29, 0.717) is 12.3 Å². The Labute approximate surface area is 134 Å². The fourth-order valence-corrected chi connectivity index (χ4v) is 3.76. The van der Waals surface area contributed by atoms with Crippen LogP contribution in [0.15, 0.2) is 18.2 Å². The Morgan fingerprint density at radius 2 is 2.00 bits per heavy atom. The van der Waals surface area contributed by atoms with Crippen molar-refractivity contribution in [3.05, 3.63) is 34.9 Å². The summed E-state index contributed by atoms with van der Waals surface area (Å²) in [6.07, 6.45) is 6.53. The fourth-order valence-electron chi connectivity index (χ4n) is 3.76. The Hall–Kier alpha value is -1.35. The van der Waals surface area contributed by atoms with Gasteiger partial charge in [-0.25, -0.2) is 0 Å². The number of aryl methyl sites for hydroxylation is 2. The van der Waals surface area contributed by atoms with Crippen molar-refractivity contribution in [1.82, 2.24) is 10.2 Å². The third kappa shape index (κ3) is 3.70. The van der Waals surface area contributed by atoms with E-state index in [9.17, 15) is 4.79 Å². The minimum absolute atomic E-state index is 0.305. The van der Waals surface area contributed by atoms with E-state index >= 15 is 0 Å². The number of nitrogens with zero attached hydrogens (tertiary/aromatic N) is 1. The van der Waals surface area contributed by atoms with Crippen LogP contribution in [0.1, 0.15) is 42.9 Å². The highest BCUT2D eigenvalue weighted by Crippen LogP contribution is 2.23. The molecule has 1 amide bonds. The summed E-state index contributed by atoms with van der Waals surface area (Å²) in [6, 6.07) is 6.64. The maximum atomic E-state index is 12.5. The first-order valence-electron chi connectivity index (χ1n) is 8.85. The zero-order valence-electron chi connectivity index (χ0n) is 13.7. The van der Waals surface area contributed by atoms with Gasteiger partial charge in [-0.15, -0.1) is 0 Å². The first-order valence-corrected chi connectivity index (χ1v) is 8.85. The molecule has 1 fully saturated rings. The number of piperidine rings is 1. The van der Waals surface area contributed by atoms with Crippen LogP contribution in [-0.2, 0) is 24.1 Å². The average molecular weight is 300 g/mol. The summed E-state index contributed by atoms with van der Waals surface area (Å²) < 4.78 is 0. The highest BCUT2D eigenvalue weighted by Gasteiger charge is 2.22. The van der Waals surface area contributed by atoms with Crippen LogP contribution >= 0.6 is 0 Å². The molecular formula is C19H28N2O. The quantitative estimate of drug-likeness (QED) is 0.906. The van der Waals surface area contributed by atoms with Crippen LogP contribution in [0.25, 0.3) is 0 Å². The maximum Gasteiger partial charge on any atom is 0.226 e. The minimum atomic E-state index is 0.305. The first kappa shape index (κ1) is 15.5. The summed E-state index contributed by atoms with van der Waals surface area (Å²) in [4.78, 5) is 14.6. The van der Waals surface area contributed by atoms with E-state index in [2.05, 4.69) is 35.3 Å². The lowest BCUT2D eigenvalue weighted by Gasteiger charge is -2.32. The lowest BCUT2D eigenvalue weighted by Crippen LogP contribution is -2.41. The van der Waals surface area contributed by atoms with E-state index in [1.807, 2.05) is 0 Å². The number of carbonyl (C=O) groups excluding carboxylic acids is 1. The predicted octanol–water partition coefficient (Wildman–Crippen LogP) is 2.57. The number of benzene rings is 1. The number of fused-ring (bicyclic) bond motifs is 1. The molecule has 1 aliphatic carbocycles. The molecule has 0 atom stereocenters. The summed E-state index contributed by atoms with van der Waals surface area (Å²) in [6.45, 7) is 6.15. The summed E-state index contributed by atoms with van der Waals surface area (Å²) in [5.74, 6) is 1.05. The molecule has 0 spiro atoms. The molecule has 1 heterocycles. The monoisotopic (exact) mass is 300 g/mol. The van der Waals surface area contributed by atoms with E-state index in [4.69, 9.17) is 0 Å². The molecule has 120 valence electrons. The average Bonchev–Trinajstić information content (AvgIpc) is 3.01. The molecule has 0 unspecified atom stereocenters. The third-order valence-corrected chi connectivity index (χ3v) is 5.17. The summed E-state index contributed by atoms with van der Waals surface area (Å²) in [5, 5.41) is 3.42. The normalized spacial score (nSPS) is 18.5. The smallest absolute Gasteiger partial charge is 0.226 e. The third-order valence-electron chi connectivity index (χ3n) is 5.17. The van der Waals surface area contributed by atoms with Gasteiger partial charge in [0.1, 0.15) is 0 Å². The molecule has 0 aromatic heterocycles. The number of rotatable bonds is 5. The zero-order chi connectivity index (χ0) is 15.4. The minimum Gasteiger partial charge on any atom is -0.342 e. The molecule has 1 N–H and O–H groups in total. The molecule has 22 heavy (non-hydrogen) atoms. The van der Waals surface area contributed by atoms with Crippen LogP contribution in [0.2, 0.25) is 0 Å². The zero-order valence-corrected chi connectivity index (χ0v) is 13.7. The van der Waals surface area contributed by atoms with Gasteiger partial charge in [0.2, 0.25) is 5.91 Å². The van der Waals surface area contributed by atoms with E-state index in [1.165, 1.54) is 36.0 Å². The molecule has 3 heteroatoms. The van der Waals surface area contributed by atoms with Crippen molar-refractivity contribution in [2.75, 3.05) is 26.2 Å². The standard InChI is InChI=1S/C19H28N2O/c1-2-20-14-15-8-10-21(11-9-15)19(22)13-16-6-7-17-4-3-5-18(17)12-16/h6-7,12,15,20H,2-5,8-11,13-14H2,1H3. The Morgan fingerprint density at radius 1 is 1.23 bits per heavy atom. The predicted molar refractivity (Wildman–Crippen MR) is 90.0 cm³/mol. The highest BCUT2D eigenvalue weighted by molar-refractivity contribution is 5.79. The molecule has 1 saturated heterocycles. The molecule has 2 aliphatic rings. The number of hydrogen-bond donors (Lipinski definition) is 1. The number of hydrogen-bond acceptors (Lipinski definition) is 2. The van der Waals surface area contributed by atoms with Crippen molar-refractivity contribution in [2.24, 2.45) is 5.92 Å². The van der Waals surface area contributed by atoms with Crippen LogP contribution in [0.4, 0.5) is 0 Å². The lowest BCUT2D eigenvalue weighted by molar-refractivity contribution is -0.131. The fraction of sp³-hybridized carbons (Fsp3) is 0.632. The van der Waals surface area contributed by atoms with Gasteiger partial charge in [0.15, 0.2) is 0 Å². The molecule has 3 nitrogen and oxygen atoms in total. The SMILES string of the molecule is CCNCC1CCN(C(=O)Cc2ccc3c(c2)CCC3)CC1. The maximum absolute atomic E-state index is 12.5. The van der Waals surface area contributed by atoms with Gasteiger partial charge in [-0.1, -0.05) is 25.1 Å². The molecule has 1 aromatic rings. The van der Waals surface area contributed by atoms with Crippen LogP contribution in [0.3, 0.4) is 0 Å². The van der Waals surface area contributed by atoms with Gasteiger partial charge in [0.25, 0.3) is 0 Å². The van der Waals surface area contributed by atoms with Gasteiger partial charge >= 0.3 is 0 Å². The van der Waals surface area contributed by atoms with E-state index in [-0.39, 0.29) is 0 Å². The Balaban J connectivity index is 1.50. The Kier molecular flexibility index (Phi) is 5.14. The molecule has 1 aliphatic heterocycles. The van der Waals surface area contributed by atoms with Crippen LogP contribution < -0.4 is 5.32 Å². The van der Waals surface area contributed by atoms with Crippen molar-refractivity contribution in [3.63, 3.8) is 0 Å². The van der Waals surface area contributed by atoms with Crippen molar-refractivity contribution >= 4 is 5.91 Å². The molecular weight excluding hydrogens is 272 g/mol. The van der Waals surface area contributed by atoms with Crippen molar-refractivity contribution in [1.29, 1.82) is 0 Å². The summed E-state index contributed by atoms with van der Waals surface area (Å²) in [5.41, 5.74) is 4.15. The number of carbonyl (C=O) groups is 1. The number of likely N-dealkylation sites (tertiary alicyclic amines) is 1. The van der Waals surface area contributed by atoms with Crippen molar-refractivity contribution < 1.29 is 4.79 Å². The number of amides is 1. The van der Waals surface area contributed by atoms with Gasteiger partial charge in [0.05, 0.1) is 6.42 Å². The summed E-state index contributed by atoms with van der Waals surface area (Å²) >= 11 is 0.